The van der Waals surface area contributed by atoms with E-state index < -0.39 is 17.7 Å². The maximum atomic E-state index is 14.4. The predicted octanol–water partition coefficient (Wildman–Crippen LogP) is 5.08. The lowest BCUT2D eigenvalue weighted by Gasteiger charge is -2.22. The van der Waals surface area contributed by atoms with Crippen molar-refractivity contribution in [1.29, 1.82) is 0 Å². The van der Waals surface area contributed by atoms with E-state index in [9.17, 15) is 18.7 Å². The third-order valence-electron chi connectivity index (χ3n) is 6.70. The highest BCUT2D eigenvalue weighted by Gasteiger charge is 2.25. The van der Waals surface area contributed by atoms with Gasteiger partial charge in [-0.3, -0.25) is 4.90 Å². The van der Waals surface area contributed by atoms with Crippen molar-refractivity contribution in [2.24, 2.45) is 0 Å². The van der Waals surface area contributed by atoms with Gasteiger partial charge in [-0.15, -0.1) is 0 Å². The van der Waals surface area contributed by atoms with E-state index in [0.717, 1.165) is 27.4 Å². The van der Waals surface area contributed by atoms with E-state index in [-0.39, 0.29) is 41.8 Å². The number of hydrogen-bond donors (Lipinski definition) is 3. The molecule has 1 amide bonds. The monoisotopic (exact) mass is 552 g/mol. The highest BCUT2D eigenvalue weighted by Crippen LogP contribution is 2.32. The molecule has 0 atom stereocenters. The van der Waals surface area contributed by atoms with Gasteiger partial charge < -0.3 is 16.6 Å². The first-order chi connectivity index (χ1) is 19.8. The summed E-state index contributed by atoms with van der Waals surface area (Å²) >= 11 is 0. The number of nitrogen functional groups attached to an aromatic ring is 2. The molecule has 0 aliphatic heterocycles. The third kappa shape index (κ3) is 4.71. The summed E-state index contributed by atoms with van der Waals surface area (Å²) in [6.45, 7) is -0.0690. The van der Waals surface area contributed by atoms with Crippen molar-refractivity contribution >= 4 is 45.2 Å². The summed E-state index contributed by atoms with van der Waals surface area (Å²) in [5, 5.41) is 16.4. The van der Waals surface area contributed by atoms with Crippen LogP contribution in [0.15, 0.2) is 79.0 Å². The van der Waals surface area contributed by atoms with Crippen LogP contribution >= 0.6 is 0 Å². The van der Waals surface area contributed by atoms with Crippen LogP contribution in [0.4, 0.5) is 30.9 Å². The Hall–Kier alpha value is -5.65. The number of carbonyl (C=O) groups is 1. The molecule has 6 aromatic rings. The van der Waals surface area contributed by atoms with Crippen LogP contribution in [-0.4, -0.2) is 35.9 Å². The molecule has 0 bridgehead atoms. The number of rotatable bonds is 6. The van der Waals surface area contributed by atoms with E-state index in [1.807, 2.05) is 42.5 Å². The van der Waals surface area contributed by atoms with Crippen molar-refractivity contribution in [1.82, 2.24) is 24.7 Å². The van der Waals surface area contributed by atoms with Gasteiger partial charge in [-0.2, -0.15) is 19.7 Å². The zero-order chi connectivity index (χ0) is 28.7. The minimum Gasteiger partial charge on any atom is -0.465 e. The molecule has 3 heterocycles. The van der Waals surface area contributed by atoms with Gasteiger partial charge in [-0.1, -0.05) is 60.7 Å². The zero-order valence-corrected chi connectivity index (χ0v) is 21.4. The van der Waals surface area contributed by atoms with Gasteiger partial charge >= 0.3 is 6.09 Å². The van der Waals surface area contributed by atoms with Gasteiger partial charge in [-0.25, -0.2) is 18.6 Å². The minimum atomic E-state index is -1.31. The molecule has 0 aliphatic rings. The smallest absolute Gasteiger partial charge is 0.412 e. The molecule has 41 heavy (non-hydrogen) atoms. The maximum absolute atomic E-state index is 14.4. The number of fused-ring (bicyclic) bond motifs is 2. The predicted molar refractivity (Wildman–Crippen MR) is 151 cm³/mol. The summed E-state index contributed by atoms with van der Waals surface area (Å²) in [4.78, 5) is 26.1. The first-order valence-corrected chi connectivity index (χ1v) is 12.5. The normalized spacial score (nSPS) is 11.3. The summed E-state index contributed by atoms with van der Waals surface area (Å²) < 4.78 is 29.8. The Balaban J connectivity index is 1.43. The summed E-state index contributed by atoms with van der Waals surface area (Å²) in [6, 6.07) is 20.6. The van der Waals surface area contributed by atoms with Crippen LogP contribution in [0.5, 0.6) is 0 Å². The van der Waals surface area contributed by atoms with Crippen molar-refractivity contribution in [3.8, 4) is 5.95 Å². The average molecular weight is 553 g/mol. The number of nitrogens with two attached hydrogens (primary N) is 2. The zero-order valence-electron chi connectivity index (χ0n) is 21.4. The van der Waals surface area contributed by atoms with Crippen LogP contribution in [-0.2, 0) is 13.0 Å². The van der Waals surface area contributed by atoms with Gasteiger partial charge in [0.2, 0.25) is 0 Å². The SMILES string of the molecule is Nc1nc(-n2nc(Cc3ccccc3F)c3ncc(F)cc32)nc(N)c1N(Cc1cccc2ccccc12)C(=O)O. The molecule has 0 aliphatic carbocycles. The first kappa shape index (κ1) is 25.6. The number of benzene rings is 3. The second-order valence-corrected chi connectivity index (χ2v) is 9.30. The Bertz CT molecular complexity index is 1930. The second-order valence-electron chi connectivity index (χ2n) is 9.30. The highest BCUT2D eigenvalue weighted by atomic mass is 19.1. The fourth-order valence-electron chi connectivity index (χ4n) is 4.82. The van der Waals surface area contributed by atoms with E-state index in [1.54, 1.807) is 18.2 Å². The van der Waals surface area contributed by atoms with Crippen LogP contribution < -0.4 is 16.4 Å². The third-order valence-corrected chi connectivity index (χ3v) is 6.70. The molecule has 10 nitrogen and oxygen atoms in total. The molecular formula is C29H22F2N8O2. The van der Waals surface area contributed by atoms with E-state index in [0.29, 0.717) is 16.8 Å². The molecule has 3 aromatic carbocycles. The fraction of sp³-hybridized carbons (Fsp3) is 0.0690. The van der Waals surface area contributed by atoms with Crippen LogP contribution in [0.1, 0.15) is 16.8 Å². The number of hydrogen-bond acceptors (Lipinski definition) is 7. The molecular weight excluding hydrogens is 530 g/mol. The van der Waals surface area contributed by atoms with Crippen molar-refractivity contribution in [3.05, 3.63) is 107 Å². The molecule has 5 N–H and O–H groups in total. The summed E-state index contributed by atoms with van der Waals surface area (Å²) in [5.74, 6) is -1.64. The van der Waals surface area contributed by atoms with E-state index in [1.165, 1.54) is 16.8 Å². The van der Waals surface area contributed by atoms with Gasteiger partial charge in [0.05, 0.1) is 24.0 Å². The second kappa shape index (κ2) is 10.2. The molecule has 0 saturated heterocycles. The van der Waals surface area contributed by atoms with Gasteiger partial charge in [0.1, 0.15) is 22.8 Å². The largest absolute Gasteiger partial charge is 0.465 e. The lowest BCUT2D eigenvalue weighted by molar-refractivity contribution is 0.201. The molecule has 204 valence electrons. The Morgan fingerprint density at radius 3 is 2.37 bits per heavy atom. The summed E-state index contributed by atoms with van der Waals surface area (Å²) in [6.07, 6.45) is -0.213. The topological polar surface area (TPSA) is 149 Å². The molecule has 6 rings (SSSR count). The first-order valence-electron chi connectivity index (χ1n) is 12.5. The van der Waals surface area contributed by atoms with Crippen molar-refractivity contribution in [2.45, 2.75) is 13.0 Å². The Morgan fingerprint density at radius 2 is 1.61 bits per heavy atom. The van der Waals surface area contributed by atoms with Crippen LogP contribution in [0.2, 0.25) is 0 Å². The van der Waals surface area contributed by atoms with E-state index >= 15 is 0 Å². The molecule has 12 heteroatoms. The molecule has 3 aromatic heterocycles. The van der Waals surface area contributed by atoms with Gasteiger partial charge in [0.15, 0.2) is 11.6 Å². The number of pyridine rings is 1. The molecule has 0 unspecified atom stereocenters. The maximum Gasteiger partial charge on any atom is 0.412 e. The average Bonchev–Trinajstić information content (AvgIpc) is 3.30. The number of halogens is 2. The number of carboxylic acid groups (broad SMARTS) is 1. The van der Waals surface area contributed by atoms with Gasteiger partial charge in [0, 0.05) is 12.5 Å². The van der Waals surface area contributed by atoms with Crippen LogP contribution in [0.25, 0.3) is 27.8 Å². The van der Waals surface area contributed by atoms with Gasteiger partial charge in [-0.05, 0) is 28.0 Å². The minimum absolute atomic E-state index is 0.0652. The van der Waals surface area contributed by atoms with E-state index in [4.69, 9.17) is 11.5 Å². The van der Waals surface area contributed by atoms with Crippen molar-refractivity contribution in [3.63, 3.8) is 0 Å². The van der Waals surface area contributed by atoms with Crippen molar-refractivity contribution < 1.29 is 18.7 Å². The fourth-order valence-corrected chi connectivity index (χ4v) is 4.82. The Kier molecular flexibility index (Phi) is 6.34. The van der Waals surface area contributed by atoms with Gasteiger partial charge in [0.25, 0.3) is 5.95 Å². The summed E-state index contributed by atoms with van der Waals surface area (Å²) in [5.41, 5.74) is 14.4. The highest BCUT2D eigenvalue weighted by molar-refractivity contribution is 5.95. The van der Waals surface area contributed by atoms with E-state index in [2.05, 4.69) is 20.1 Å². The number of anilines is 3. The number of nitrogens with zero attached hydrogens (tertiary/aromatic N) is 6. The number of amides is 1. The Morgan fingerprint density at radius 1 is 0.927 bits per heavy atom. The number of aromatic nitrogens is 5. The molecule has 0 saturated carbocycles. The lowest BCUT2D eigenvalue weighted by atomic mass is 10.0. The van der Waals surface area contributed by atoms with Crippen molar-refractivity contribution in [2.75, 3.05) is 16.4 Å². The van der Waals surface area contributed by atoms with Crippen LogP contribution in [0, 0.1) is 11.6 Å². The quantitative estimate of drug-likeness (QED) is 0.259. The standard InChI is InChI=1S/C29H22F2N8O2/c30-19-13-23-24(34-14-19)22(12-17-7-2-4-11-21(17)31)37-39(23)28-35-26(32)25(27(33)36-28)38(29(40)41)15-18-9-5-8-16-6-1-3-10-20(16)18/h1-11,13-14H,12,15H2,(H,40,41)(H4,32,33,35,36). The summed E-state index contributed by atoms with van der Waals surface area (Å²) in [7, 11) is 0. The molecule has 0 fully saturated rings. The van der Waals surface area contributed by atoms with Crippen LogP contribution in [0.3, 0.4) is 0 Å². The lowest BCUT2D eigenvalue weighted by Crippen LogP contribution is -2.31. The molecule has 0 radical (unpaired) electrons. The Labute approximate surface area is 231 Å². The molecule has 0 spiro atoms.